The summed E-state index contributed by atoms with van der Waals surface area (Å²) >= 11 is 0. The summed E-state index contributed by atoms with van der Waals surface area (Å²) in [6.07, 6.45) is 0.639. The van der Waals surface area contributed by atoms with Gasteiger partial charge in [-0.1, -0.05) is 30.3 Å². The molecule has 0 aromatic heterocycles. The van der Waals surface area contributed by atoms with Gasteiger partial charge >= 0.3 is 12.1 Å². The maximum absolute atomic E-state index is 13.1. The number of fused-ring (bicyclic) bond motifs is 2. The van der Waals surface area contributed by atoms with Gasteiger partial charge in [0, 0.05) is 17.4 Å². The largest absolute Gasteiger partial charge is 0.458 e. The van der Waals surface area contributed by atoms with E-state index in [1.807, 2.05) is 30.3 Å². The lowest BCUT2D eigenvalue weighted by Crippen LogP contribution is -2.53. The van der Waals surface area contributed by atoms with E-state index in [2.05, 4.69) is 10.0 Å². The van der Waals surface area contributed by atoms with Crippen molar-refractivity contribution in [3.63, 3.8) is 0 Å². The lowest BCUT2D eigenvalue weighted by Gasteiger charge is -2.34. The fourth-order valence-corrected chi connectivity index (χ4v) is 4.45. The predicted molar refractivity (Wildman–Crippen MR) is 107 cm³/mol. The van der Waals surface area contributed by atoms with E-state index in [9.17, 15) is 14.4 Å². The molecule has 0 radical (unpaired) electrons. The highest BCUT2D eigenvalue weighted by molar-refractivity contribution is 5.88. The van der Waals surface area contributed by atoms with Crippen LogP contribution in [0.5, 0.6) is 0 Å². The van der Waals surface area contributed by atoms with Crippen molar-refractivity contribution >= 4 is 18.0 Å². The Morgan fingerprint density at radius 3 is 2.60 bits per heavy atom. The van der Waals surface area contributed by atoms with Crippen LogP contribution in [0.3, 0.4) is 0 Å². The average Bonchev–Trinajstić information content (AvgIpc) is 3.20. The summed E-state index contributed by atoms with van der Waals surface area (Å²) in [5.74, 6) is -1.39. The van der Waals surface area contributed by atoms with Crippen LogP contribution in [0.4, 0.5) is 4.79 Å². The zero-order chi connectivity index (χ0) is 21.9. The number of hydrogen-bond donors (Lipinski definition) is 0. The Balaban J connectivity index is 1.83. The second-order valence-corrected chi connectivity index (χ2v) is 8.80. The SMILES string of the molecule is CC(C)(C)OC(=O)[C@]12CC[C@H]([C@H](CC(=O)N=[N+]=[N-])C1)N2C(=O)OCc1ccccc1. The maximum atomic E-state index is 13.1. The van der Waals surface area contributed by atoms with Crippen LogP contribution in [0, 0.1) is 5.92 Å². The van der Waals surface area contributed by atoms with Gasteiger partial charge in [-0.2, -0.15) is 0 Å². The Bertz CT molecular complexity index is 875. The van der Waals surface area contributed by atoms with Gasteiger partial charge in [-0.25, -0.2) is 9.59 Å². The highest BCUT2D eigenvalue weighted by Crippen LogP contribution is 2.52. The molecular weight excluding hydrogens is 388 g/mol. The molecule has 2 saturated heterocycles. The van der Waals surface area contributed by atoms with Crippen molar-refractivity contribution in [1.82, 2.24) is 4.90 Å². The normalized spacial score (nSPS) is 24.8. The molecule has 1 aromatic rings. The maximum Gasteiger partial charge on any atom is 0.411 e. The minimum Gasteiger partial charge on any atom is -0.458 e. The van der Waals surface area contributed by atoms with E-state index >= 15 is 0 Å². The number of esters is 1. The predicted octanol–water partition coefficient (Wildman–Crippen LogP) is 4.12. The van der Waals surface area contributed by atoms with E-state index in [0.29, 0.717) is 12.8 Å². The summed E-state index contributed by atoms with van der Waals surface area (Å²) in [6, 6.07) is 8.91. The average molecular weight is 414 g/mol. The summed E-state index contributed by atoms with van der Waals surface area (Å²) in [4.78, 5) is 42.1. The third-order valence-corrected chi connectivity index (χ3v) is 5.56. The standard InChI is InChI=1S/C21H26N4O5/c1-20(2,3)30-18(27)21-10-9-16(15(12-21)11-17(26)23-24-22)25(21)19(28)29-13-14-7-5-4-6-8-14/h4-8,15-16H,9-13H2,1-3H3/t15-,16-,21+/m1/s1. The molecule has 0 saturated carbocycles. The number of azide groups is 1. The Morgan fingerprint density at radius 2 is 1.97 bits per heavy atom. The Kier molecular flexibility index (Phi) is 6.03. The summed E-state index contributed by atoms with van der Waals surface area (Å²) in [7, 11) is 0. The van der Waals surface area contributed by atoms with Crippen LogP contribution in [0.15, 0.2) is 35.4 Å². The first-order chi connectivity index (χ1) is 14.2. The number of ether oxygens (including phenoxy) is 2. The molecule has 160 valence electrons. The topological polar surface area (TPSA) is 122 Å². The number of rotatable bonds is 5. The van der Waals surface area contributed by atoms with Crippen LogP contribution in [-0.2, 0) is 25.7 Å². The van der Waals surface area contributed by atoms with Gasteiger partial charge in [-0.3, -0.25) is 9.69 Å². The van der Waals surface area contributed by atoms with Crippen molar-refractivity contribution in [3.05, 3.63) is 46.3 Å². The van der Waals surface area contributed by atoms with Gasteiger partial charge in [0.15, 0.2) is 0 Å². The molecule has 9 nitrogen and oxygen atoms in total. The molecule has 0 spiro atoms. The number of hydrogen-bond acceptors (Lipinski definition) is 5. The van der Waals surface area contributed by atoms with E-state index in [4.69, 9.17) is 15.0 Å². The molecule has 0 aliphatic carbocycles. The number of carbonyl (C=O) groups is 3. The third-order valence-electron chi connectivity index (χ3n) is 5.56. The molecule has 2 aliphatic rings. The molecule has 3 atom stereocenters. The zero-order valence-corrected chi connectivity index (χ0v) is 17.4. The molecule has 2 heterocycles. The minimum atomic E-state index is -1.17. The Hall–Kier alpha value is -3.06. The molecule has 2 fully saturated rings. The molecule has 2 amide bonds. The summed E-state index contributed by atoms with van der Waals surface area (Å²) in [5.41, 5.74) is 7.45. The van der Waals surface area contributed by atoms with Crippen LogP contribution >= 0.6 is 0 Å². The third kappa shape index (κ3) is 4.41. The van der Waals surface area contributed by atoms with Crippen LogP contribution in [0.25, 0.3) is 10.4 Å². The van der Waals surface area contributed by atoms with E-state index in [-0.39, 0.29) is 31.4 Å². The van der Waals surface area contributed by atoms with E-state index in [1.165, 1.54) is 4.90 Å². The van der Waals surface area contributed by atoms with Gasteiger partial charge < -0.3 is 9.47 Å². The molecular formula is C21H26N4O5. The molecule has 1 aromatic carbocycles. The van der Waals surface area contributed by atoms with E-state index in [0.717, 1.165) is 5.56 Å². The van der Waals surface area contributed by atoms with Crippen molar-refractivity contribution < 1.29 is 23.9 Å². The van der Waals surface area contributed by atoms with Crippen LogP contribution < -0.4 is 0 Å². The summed E-state index contributed by atoms with van der Waals surface area (Å²) in [6.45, 7) is 5.38. The molecule has 2 bridgehead atoms. The summed E-state index contributed by atoms with van der Waals surface area (Å²) in [5, 5.41) is 3.14. The van der Waals surface area contributed by atoms with E-state index in [1.54, 1.807) is 20.8 Å². The molecule has 0 unspecified atom stereocenters. The molecule has 2 aliphatic heterocycles. The smallest absolute Gasteiger partial charge is 0.411 e. The van der Waals surface area contributed by atoms with Gasteiger partial charge in [0.05, 0.1) is 0 Å². The zero-order valence-electron chi connectivity index (χ0n) is 17.4. The van der Waals surface area contributed by atoms with Gasteiger partial charge in [0.1, 0.15) is 17.7 Å². The van der Waals surface area contributed by atoms with Gasteiger partial charge in [0.25, 0.3) is 0 Å². The van der Waals surface area contributed by atoms with Crippen LogP contribution in [0.1, 0.15) is 52.0 Å². The Morgan fingerprint density at radius 1 is 1.27 bits per heavy atom. The first kappa shape index (κ1) is 21.6. The summed E-state index contributed by atoms with van der Waals surface area (Å²) < 4.78 is 11.1. The van der Waals surface area contributed by atoms with Crippen molar-refractivity contribution in [2.75, 3.05) is 0 Å². The number of carbonyl (C=O) groups excluding carboxylic acids is 3. The number of benzene rings is 1. The molecule has 30 heavy (non-hydrogen) atoms. The minimum absolute atomic E-state index is 0.0261. The second-order valence-electron chi connectivity index (χ2n) is 8.80. The van der Waals surface area contributed by atoms with Crippen LogP contribution in [0.2, 0.25) is 0 Å². The molecule has 3 rings (SSSR count). The van der Waals surface area contributed by atoms with Gasteiger partial charge in [-0.15, -0.1) is 0 Å². The van der Waals surface area contributed by atoms with Crippen LogP contribution in [-0.4, -0.2) is 40.1 Å². The van der Waals surface area contributed by atoms with E-state index < -0.39 is 29.1 Å². The number of nitrogens with zero attached hydrogens (tertiary/aromatic N) is 4. The quantitative estimate of drug-likeness (QED) is 0.310. The highest BCUT2D eigenvalue weighted by Gasteiger charge is 2.64. The lowest BCUT2D eigenvalue weighted by molar-refractivity contribution is -0.166. The Labute approximate surface area is 174 Å². The second kappa shape index (κ2) is 8.36. The molecule has 0 N–H and O–H groups in total. The fraction of sp³-hybridized carbons (Fsp3) is 0.571. The van der Waals surface area contributed by atoms with Crippen molar-refractivity contribution in [3.8, 4) is 0 Å². The van der Waals surface area contributed by atoms with Crippen molar-refractivity contribution in [2.45, 2.75) is 70.2 Å². The monoisotopic (exact) mass is 414 g/mol. The number of amides is 2. The lowest BCUT2D eigenvalue weighted by atomic mass is 9.79. The van der Waals surface area contributed by atoms with Gasteiger partial charge in [0.2, 0.25) is 5.91 Å². The molecule has 9 heteroatoms. The van der Waals surface area contributed by atoms with Gasteiger partial charge in [-0.05, 0) is 62.2 Å². The fourth-order valence-electron chi connectivity index (χ4n) is 4.45. The first-order valence-electron chi connectivity index (χ1n) is 9.98. The van der Waals surface area contributed by atoms with Crippen molar-refractivity contribution in [2.24, 2.45) is 11.0 Å². The first-order valence-corrected chi connectivity index (χ1v) is 9.98. The van der Waals surface area contributed by atoms with Crippen molar-refractivity contribution in [1.29, 1.82) is 0 Å². The highest BCUT2D eigenvalue weighted by atomic mass is 16.6.